The van der Waals surface area contributed by atoms with Crippen molar-refractivity contribution in [1.82, 2.24) is 10.4 Å². The van der Waals surface area contributed by atoms with Crippen LogP contribution in [0.25, 0.3) is 0 Å². The van der Waals surface area contributed by atoms with E-state index in [-0.39, 0.29) is 24.2 Å². The Kier molecular flexibility index (Phi) is 7.00. The number of benzene rings is 2. The summed E-state index contributed by atoms with van der Waals surface area (Å²) in [5, 5.41) is 14.7. The van der Waals surface area contributed by atoms with Crippen LogP contribution < -0.4 is 10.7 Å². The maximum Gasteiger partial charge on any atom is 0.311 e. The molecule has 2 N–H and O–H groups in total. The van der Waals surface area contributed by atoms with Gasteiger partial charge in [0.05, 0.1) is 17.4 Å². The number of nitro groups is 1. The molecule has 0 saturated carbocycles. The molecule has 166 valence electrons. The van der Waals surface area contributed by atoms with Gasteiger partial charge in [-0.2, -0.15) is 0 Å². The number of halogens is 1. The quantitative estimate of drug-likeness (QED) is 0.364. The van der Waals surface area contributed by atoms with Crippen molar-refractivity contribution in [3.05, 3.63) is 69.2 Å². The van der Waals surface area contributed by atoms with Crippen LogP contribution in [0, 0.1) is 16.0 Å². The van der Waals surface area contributed by atoms with E-state index < -0.39 is 41.1 Å². The molecule has 0 unspecified atom stereocenters. The molecule has 1 atom stereocenters. The third-order valence-corrected chi connectivity index (χ3v) is 4.76. The Hall–Kier alpha value is -3.99. The van der Waals surface area contributed by atoms with Gasteiger partial charge in [-0.25, -0.2) is 0 Å². The van der Waals surface area contributed by atoms with Crippen molar-refractivity contribution in [2.75, 3.05) is 18.5 Å². The molecule has 3 rings (SSSR count). The fraction of sp³-hybridized carbons (Fsp3) is 0.200. The van der Waals surface area contributed by atoms with E-state index in [1.807, 2.05) is 0 Å². The summed E-state index contributed by atoms with van der Waals surface area (Å²) in [5.74, 6) is -3.34. The normalized spacial score (nSPS) is 15.2. The second-order valence-corrected chi connectivity index (χ2v) is 7.25. The monoisotopic (exact) mass is 460 g/mol. The number of nitro benzene ring substituents is 1. The first-order valence-corrected chi connectivity index (χ1v) is 9.68. The first-order chi connectivity index (χ1) is 15.2. The molecule has 1 aliphatic heterocycles. The molecule has 0 aromatic heterocycles. The standard InChI is InChI=1S/C20H17ClN4O7/c21-14-3-5-15(6-4-14)22-17(26)11-32-20(29)13-9-18(27)24(10-13)23-19(28)12-1-7-16(8-2-12)25(30)31/h1-8,13H,9-11H2,(H,22,26)(H,23,28)/t13-/m1/s1. The summed E-state index contributed by atoms with van der Waals surface area (Å²) >= 11 is 5.77. The van der Waals surface area contributed by atoms with Gasteiger partial charge >= 0.3 is 5.97 Å². The van der Waals surface area contributed by atoms with E-state index in [1.165, 1.54) is 12.1 Å². The van der Waals surface area contributed by atoms with E-state index in [1.54, 1.807) is 24.3 Å². The van der Waals surface area contributed by atoms with E-state index in [4.69, 9.17) is 16.3 Å². The predicted octanol–water partition coefficient (Wildman–Crippen LogP) is 1.92. The number of nitrogens with zero attached hydrogens (tertiary/aromatic N) is 2. The summed E-state index contributed by atoms with van der Waals surface area (Å²) in [7, 11) is 0. The average Bonchev–Trinajstić information content (AvgIpc) is 3.14. The molecule has 1 fully saturated rings. The summed E-state index contributed by atoms with van der Waals surface area (Å²) in [6, 6.07) is 11.2. The molecule has 1 aliphatic rings. The van der Waals surface area contributed by atoms with Gasteiger partial charge in [0.2, 0.25) is 5.91 Å². The molecule has 11 nitrogen and oxygen atoms in total. The SMILES string of the molecule is O=C(COC(=O)[C@@H]1CC(=O)N(NC(=O)c2ccc([N+](=O)[O-])cc2)C1)Nc1ccc(Cl)cc1. The maximum atomic E-state index is 12.3. The number of non-ortho nitro benzene ring substituents is 1. The van der Waals surface area contributed by atoms with Gasteiger partial charge in [0, 0.05) is 34.8 Å². The van der Waals surface area contributed by atoms with Crippen LogP contribution in [0.2, 0.25) is 5.02 Å². The first kappa shape index (κ1) is 22.7. The zero-order valence-electron chi connectivity index (χ0n) is 16.4. The smallest absolute Gasteiger partial charge is 0.311 e. The number of nitrogens with one attached hydrogen (secondary N) is 2. The molecule has 3 amide bonds. The fourth-order valence-electron chi connectivity index (χ4n) is 2.88. The van der Waals surface area contributed by atoms with Gasteiger partial charge in [-0.1, -0.05) is 11.6 Å². The number of carbonyl (C=O) groups is 4. The van der Waals surface area contributed by atoms with Gasteiger partial charge in [0.1, 0.15) is 0 Å². The van der Waals surface area contributed by atoms with Gasteiger partial charge in [0.25, 0.3) is 17.5 Å². The molecular formula is C20H17ClN4O7. The van der Waals surface area contributed by atoms with Crippen LogP contribution in [-0.4, -0.2) is 46.8 Å². The van der Waals surface area contributed by atoms with Gasteiger partial charge in [-0.15, -0.1) is 0 Å². The van der Waals surface area contributed by atoms with Crippen molar-refractivity contribution in [3.63, 3.8) is 0 Å². The van der Waals surface area contributed by atoms with E-state index in [9.17, 15) is 29.3 Å². The van der Waals surface area contributed by atoms with E-state index >= 15 is 0 Å². The number of ether oxygens (including phenoxy) is 1. The Morgan fingerprint density at radius 3 is 2.41 bits per heavy atom. The number of hydrogen-bond donors (Lipinski definition) is 2. The summed E-state index contributed by atoms with van der Waals surface area (Å²) in [6.07, 6.45) is -0.196. The minimum Gasteiger partial charge on any atom is -0.455 e. The minimum absolute atomic E-state index is 0.105. The Morgan fingerprint density at radius 1 is 1.12 bits per heavy atom. The van der Waals surface area contributed by atoms with E-state index in [0.29, 0.717) is 10.7 Å². The third kappa shape index (κ3) is 5.79. The van der Waals surface area contributed by atoms with Crippen LogP contribution >= 0.6 is 11.6 Å². The molecule has 1 heterocycles. The lowest BCUT2D eigenvalue weighted by Crippen LogP contribution is -2.43. The summed E-state index contributed by atoms with van der Waals surface area (Å²) < 4.78 is 4.97. The summed E-state index contributed by atoms with van der Waals surface area (Å²) in [6.45, 7) is -0.670. The molecule has 0 spiro atoms. The topological polar surface area (TPSA) is 148 Å². The lowest BCUT2D eigenvalue weighted by Gasteiger charge is -2.17. The average molecular weight is 461 g/mol. The van der Waals surface area contributed by atoms with Crippen molar-refractivity contribution >= 4 is 46.7 Å². The predicted molar refractivity (Wildman–Crippen MR) is 111 cm³/mol. The highest BCUT2D eigenvalue weighted by molar-refractivity contribution is 6.30. The van der Waals surface area contributed by atoms with Gasteiger partial charge < -0.3 is 10.1 Å². The molecule has 12 heteroatoms. The van der Waals surface area contributed by atoms with Crippen molar-refractivity contribution in [2.45, 2.75) is 6.42 Å². The highest BCUT2D eigenvalue weighted by Gasteiger charge is 2.36. The number of anilines is 1. The Balaban J connectivity index is 1.48. The highest BCUT2D eigenvalue weighted by Crippen LogP contribution is 2.19. The van der Waals surface area contributed by atoms with Gasteiger partial charge in [-0.05, 0) is 36.4 Å². The fourth-order valence-corrected chi connectivity index (χ4v) is 3.01. The third-order valence-electron chi connectivity index (χ3n) is 4.51. The van der Waals surface area contributed by atoms with Crippen LogP contribution in [0.1, 0.15) is 16.8 Å². The highest BCUT2D eigenvalue weighted by atomic mass is 35.5. The van der Waals surface area contributed by atoms with Crippen LogP contribution in [-0.2, 0) is 19.1 Å². The van der Waals surface area contributed by atoms with Crippen LogP contribution in [0.15, 0.2) is 48.5 Å². The second-order valence-electron chi connectivity index (χ2n) is 6.81. The number of esters is 1. The number of carbonyl (C=O) groups excluding carboxylic acids is 4. The minimum atomic E-state index is -0.858. The van der Waals surface area contributed by atoms with Crippen LogP contribution in [0.4, 0.5) is 11.4 Å². The first-order valence-electron chi connectivity index (χ1n) is 9.31. The molecule has 0 radical (unpaired) electrons. The number of hydrogen-bond acceptors (Lipinski definition) is 7. The Morgan fingerprint density at radius 2 is 1.78 bits per heavy atom. The molecule has 0 aliphatic carbocycles. The Bertz CT molecular complexity index is 1060. The molecule has 1 saturated heterocycles. The molecule has 32 heavy (non-hydrogen) atoms. The lowest BCUT2D eigenvalue weighted by molar-refractivity contribution is -0.384. The lowest BCUT2D eigenvalue weighted by atomic mass is 10.1. The molecule has 2 aromatic rings. The van der Waals surface area contributed by atoms with Gasteiger partial charge in [0.15, 0.2) is 6.61 Å². The second kappa shape index (κ2) is 9.88. The van der Waals surface area contributed by atoms with E-state index in [0.717, 1.165) is 17.1 Å². The summed E-state index contributed by atoms with van der Waals surface area (Å²) in [4.78, 5) is 58.6. The molecule has 0 bridgehead atoms. The number of hydrazine groups is 1. The molecule has 2 aromatic carbocycles. The van der Waals surface area contributed by atoms with Crippen LogP contribution in [0.3, 0.4) is 0 Å². The number of rotatable bonds is 7. The number of amides is 3. The largest absolute Gasteiger partial charge is 0.455 e. The van der Waals surface area contributed by atoms with Crippen molar-refractivity contribution < 1.29 is 28.8 Å². The zero-order chi connectivity index (χ0) is 23.3. The van der Waals surface area contributed by atoms with Crippen LogP contribution in [0.5, 0.6) is 0 Å². The Labute approximate surface area is 186 Å². The maximum absolute atomic E-state index is 12.3. The van der Waals surface area contributed by atoms with Crippen molar-refractivity contribution in [2.24, 2.45) is 5.92 Å². The van der Waals surface area contributed by atoms with Crippen molar-refractivity contribution in [3.8, 4) is 0 Å². The van der Waals surface area contributed by atoms with Gasteiger partial charge in [-0.3, -0.25) is 39.7 Å². The zero-order valence-corrected chi connectivity index (χ0v) is 17.2. The van der Waals surface area contributed by atoms with Crippen molar-refractivity contribution in [1.29, 1.82) is 0 Å². The molecular weight excluding hydrogens is 444 g/mol. The van der Waals surface area contributed by atoms with E-state index in [2.05, 4.69) is 10.7 Å². The summed E-state index contributed by atoms with van der Waals surface area (Å²) in [5.41, 5.74) is 2.76.